The van der Waals surface area contributed by atoms with E-state index in [-0.39, 0.29) is 5.91 Å². The van der Waals surface area contributed by atoms with E-state index in [9.17, 15) is 4.79 Å². The van der Waals surface area contributed by atoms with Gasteiger partial charge in [-0.2, -0.15) is 0 Å². The molecule has 0 aliphatic carbocycles. The summed E-state index contributed by atoms with van der Waals surface area (Å²) in [5.74, 6) is 1.11. The second-order valence-electron chi connectivity index (χ2n) is 4.79. The van der Waals surface area contributed by atoms with Crippen molar-refractivity contribution >= 4 is 34.8 Å². The van der Waals surface area contributed by atoms with Crippen LogP contribution in [0.5, 0.6) is 17.2 Å². The van der Waals surface area contributed by atoms with E-state index < -0.39 is 0 Å². The van der Waals surface area contributed by atoms with Crippen molar-refractivity contribution in [1.82, 2.24) is 0 Å². The summed E-state index contributed by atoms with van der Waals surface area (Å²) < 4.78 is 16.3. The monoisotopic (exact) mass is 353 g/mol. The summed E-state index contributed by atoms with van der Waals surface area (Å²) in [4.78, 5) is 12.4. The van der Waals surface area contributed by atoms with Crippen LogP contribution in [0.15, 0.2) is 30.3 Å². The minimum atomic E-state index is -0.321. The van der Waals surface area contributed by atoms with Crippen molar-refractivity contribution in [1.29, 1.82) is 0 Å². The maximum Gasteiger partial charge on any atom is 0.255 e. The minimum absolute atomic E-state index is 0.321. The lowest BCUT2D eigenvalue weighted by Crippen LogP contribution is -2.18. The number of hydrogen-bond acceptors (Lipinski definition) is 4. The molecule has 0 unspecified atom stereocenters. The average molecular weight is 354 g/mol. The average Bonchev–Trinajstić information content (AvgIpc) is 2.57. The highest BCUT2D eigenvalue weighted by molar-refractivity contribution is 6.42. The van der Waals surface area contributed by atoms with Crippen molar-refractivity contribution in [2.45, 2.75) is 0 Å². The molecule has 23 heavy (non-hydrogen) atoms. The molecular weight excluding hydrogens is 341 g/mol. The number of carbonyl (C=O) groups is 1. The molecule has 0 saturated heterocycles. The molecule has 0 spiro atoms. The maximum absolute atomic E-state index is 12.4. The number of carbonyl (C=O) groups excluding carboxylic acids is 1. The van der Waals surface area contributed by atoms with Crippen molar-refractivity contribution in [3.05, 3.63) is 45.9 Å². The molecular formula is C16H13Cl2NO4. The fraction of sp³-hybridized carbons (Fsp3) is 0.188. The van der Waals surface area contributed by atoms with Gasteiger partial charge < -0.3 is 19.5 Å². The van der Waals surface area contributed by atoms with Crippen LogP contribution < -0.4 is 19.5 Å². The smallest absolute Gasteiger partial charge is 0.255 e. The first-order chi connectivity index (χ1) is 11.1. The van der Waals surface area contributed by atoms with Crippen molar-refractivity contribution in [3.8, 4) is 17.2 Å². The van der Waals surface area contributed by atoms with Crippen LogP contribution in [0.3, 0.4) is 0 Å². The SMILES string of the molecule is COc1cc(C(=O)Nc2ccc(Cl)c(Cl)c2)cc2c1OCCO2. The van der Waals surface area contributed by atoms with Gasteiger partial charge in [-0.3, -0.25) is 4.79 Å². The lowest BCUT2D eigenvalue weighted by Gasteiger charge is -2.21. The van der Waals surface area contributed by atoms with Gasteiger partial charge in [0.15, 0.2) is 11.5 Å². The Morgan fingerprint density at radius 1 is 1.13 bits per heavy atom. The molecule has 0 saturated carbocycles. The number of nitrogens with one attached hydrogen (secondary N) is 1. The van der Waals surface area contributed by atoms with Gasteiger partial charge in [-0.05, 0) is 30.3 Å². The zero-order chi connectivity index (χ0) is 16.4. The van der Waals surface area contributed by atoms with Gasteiger partial charge in [0.25, 0.3) is 5.91 Å². The van der Waals surface area contributed by atoms with E-state index in [1.165, 1.54) is 7.11 Å². The molecule has 1 amide bonds. The fourth-order valence-electron chi connectivity index (χ4n) is 2.18. The Bertz CT molecular complexity index is 747. The van der Waals surface area contributed by atoms with Gasteiger partial charge in [-0.15, -0.1) is 0 Å². The quantitative estimate of drug-likeness (QED) is 0.904. The van der Waals surface area contributed by atoms with E-state index in [0.717, 1.165) is 0 Å². The number of anilines is 1. The molecule has 3 rings (SSSR count). The van der Waals surface area contributed by atoms with Crippen LogP contribution in [-0.4, -0.2) is 26.2 Å². The number of halogens is 2. The van der Waals surface area contributed by atoms with E-state index in [0.29, 0.717) is 51.8 Å². The van der Waals surface area contributed by atoms with Gasteiger partial charge in [0.05, 0.1) is 17.2 Å². The van der Waals surface area contributed by atoms with Gasteiger partial charge >= 0.3 is 0 Å². The molecule has 1 N–H and O–H groups in total. The number of fused-ring (bicyclic) bond motifs is 1. The first-order valence-electron chi connectivity index (χ1n) is 6.82. The largest absolute Gasteiger partial charge is 0.493 e. The molecule has 1 aliphatic heterocycles. The lowest BCUT2D eigenvalue weighted by molar-refractivity contribution is 0.102. The molecule has 2 aromatic carbocycles. The highest BCUT2D eigenvalue weighted by Crippen LogP contribution is 2.40. The maximum atomic E-state index is 12.4. The molecule has 1 aliphatic rings. The van der Waals surface area contributed by atoms with Gasteiger partial charge in [-0.25, -0.2) is 0 Å². The summed E-state index contributed by atoms with van der Waals surface area (Å²) in [5.41, 5.74) is 0.926. The first kappa shape index (κ1) is 15.8. The molecule has 1 heterocycles. The molecule has 120 valence electrons. The number of hydrogen-bond donors (Lipinski definition) is 1. The summed E-state index contributed by atoms with van der Waals surface area (Å²) >= 11 is 11.8. The molecule has 0 aromatic heterocycles. The van der Waals surface area contributed by atoms with E-state index in [2.05, 4.69) is 5.32 Å². The van der Waals surface area contributed by atoms with Gasteiger partial charge in [0, 0.05) is 11.3 Å². The Kier molecular flexibility index (Phi) is 4.50. The van der Waals surface area contributed by atoms with Gasteiger partial charge in [0.1, 0.15) is 13.2 Å². The third-order valence-electron chi connectivity index (χ3n) is 3.27. The normalized spacial score (nSPS) is 12.7. The fourth-order valence-corrected chi connectivity index (χ4v) is 2.48. The summed E-state index contributed by atoms with van der Waals surface area (Å²) in [6.07, 6.45) is 0. The van der Waals surface area contributed by atoms with Crippen molar-refractivity contribution in [2.75, 3.05) is 25.6 Å². The number of methoxy groups -OCH3 is 1. The highest BCUT2D eigenvalue weighted by atomic mass is 35.5. The van der Waals surface area contributed by atoms with Crippen LogP contribution in [0.25, 0.3) is 0 Å². The summed E-state index contributed by atoms with van der Waals surface area (Å²) in [6, 6.07) is 8.08. The van der Waals surface area contributed by atoms with Crippen molar-refractivity contribution < 1.29 is 19.0 Å². The molecule has 2 aromatic rings. The van der Waals surface area contributed by atoms with Crippen LogP contribution in [0, 0.1) is 0 Å². The van der Waals surface area contributed by atoms with Crippen LogP contribution in [0.1, 0.15) is 10.4 Å². The standard InChI is InChI=1S/C16H13Cl2NO4/c1-21-13-6-9(7-14-15(13)23-5-4-22-14)16(20)19-10-2-3-11(17)12(18)8-10/h2-3,6-8H,4-5H2,1H3,(H,19,20). The Balaban J connectivity index is 1.88. The zero-order valence-electron chi connectivity index (χ0n) is 12.2. The van der Waals surface area contributed by atoms with Crippen molar-refractivity contribution in [2.24, 2.45) is 0 Å². The van der Waals surface area contributed by atoms with Crippen LogP contribution in [0.4, 0.5) is 5.69 Å². The third-order valence-corrected chi connectivity index (χ3v) is 4.01. The molecule has 7 heteroatoms. The summed E-state index contributed by atoms with van der Waals surface area (Å²) in [7, 11) is 1.51. The first-order valence-corrected chi connectivity index (χ1v) is 7.58. The van der Waals surface area contributed by atoms with E-state index in [4.69, 9.17) is 37.4 Å². The Labute approximate surface area is 143 Å². The number of ether oxygens (including phenoxy) is 3. The Morgan fingerprint density at radius 3 is 2.65 bits per heavy atom. The van der Waals surface area contributed by atoms with E-state index >= 15 is 0 Å². The molecule has 0 bridgehead atoms. The number of amides is 1. The van der Waals surface area contributed by atoms with Crippen LogP contribution >= 0.6 is 23.2 Å². The predicted molar refractivity (Wildman–Crippen MR) is 88.4 cm³/mol. The number of rotatable bonds is 3. The lowest BCUT2D eigenvalue weighted by atomic mass is 10.1. The summed E-state index contributed by atoms with van der Waals surface area (Å²) in [5, 5.41) is 3.54. The third kappa shape index (κ3) is 3.30. The van der Waals surface area contributed by atoms with E-state index in [1.54, 1.807) is 30.3 Å². The number of benzene rings is 2. The predicted octanol–water partition coefficient (Wildman–Crippen LogP) is 4.03. The molecule has 0 atom stereocenters. The molecule has 0 radical (unpaired) electrons. The van der Waals surface area contributed by atoms with Gasteiger partial charge in [-0.1, -0.05) is 23.2 Å². The zero-order valence-corrected chi connectivity index (χ0v) is 13.7. The summed E-state index contributed by atoms with van der Waals surface area (Å²) in [6.45, 7) is 0.867. The van der Waals surface area contributed by atoms with E-state index in [1.807, 2.05) is 0 Å². The van der Waals surface area contributed by atoms with Crippen LogP contribution in [-0.2, 0) is 0 Å². The van der Waals surface area contributed by atoms with Gasteiger partial charge in [0.2, 0.25) is 5.75 Å². The minimum Gasteiger partial charge on any atom is -0.493 e. The van der Waals surface area contributed by atoms with Crippen LogP contribution in [0.2, 0.25) is 10.0 Å². The molecule has 5 nitrogen and oxygen atoms in total. The second kappa shape index (κ2) is 6.56. The second-order valence-corrected chi connectivity index (χ2v) is 5.60. The van der Waals surface area contributed by atoms with Crippen molar-refractivity contribution in [3.63, 3.8) is 0 Å². The highest BCUT2D eigenvalue weighted by Gasteiger charge is 2.21. The topological polar surface area (TPSA) is 56.8 Å². The molecule has 0 fully saturated rings. The Hall–Kier alpha value is -2.11. The Morgan fingerprint density at radius 2 is 1.91 bits per heavy atom.